The highest BCUT2D eigenvalue weighted by Crippen LogP contribution is 2.24. The normalized spacial score (nSPS) is 10.9. The van der Waals surface area contributed by atoms with Crippen molar-refractivity contribution in [3.05, 3.63) is 81.5 Å². The van der Waals surface area contributed by atoms with E-state index in [-0.39, 0.29) is 5.91 Å². The topological polar surface area (TPSA) is 54.6 Å². The van der Waals surface area contributed by atoms with E-state index in [1.165, 1.54) is 6.21 Å². The third kappa shape index (κ3) is 4.13. The average molecular weight is 404 g/mol. The summed E-state index contributed by atoms with van der Waals surface area (Å²) in [6, 6.07) is 18.0. The maximum absolute atomic E-state index is 11.9. The Kier molecular flexibility index (Phi) is 5.13. The molecular formula is C18H12BrClN2O2. The molecule has 1 amide bonds. The van der Waals surface area contributed by atoms with Crippen molar-refractivity contribution in [1.82, 2.24) is 5.43 Å². The third-order valence-electron chi connectivity index (χ3n) is 3.20. The minimum absolute atomic E-state index is 0.318. The van der Waals surface area contributed by atoms with Crippen molar-refractivity contribution < 1.29 is 9.21 Å². The van der Waals surface area contributed by atoms with Crippen LogP contribution < -0.4 is 5.43 Å². The second-order valence-corrected chi connectivity index (χ2v) is 6.27. The second kappa shape index (κ2) is 7.47. The largest absolute Gasteiger partial charge is 0.455 e. The Bertz CT molecular complexity index is 888. The van der Waals surface area contributed by atoms with Crippen LogP contribution in [0, 0.1) is 0 Å². The number of hydrogen-bond donors (Lipinski definition) is 1. The van der Waals surface area contributed by atoms with E-state index in [4.69, 9.17) is 16.0 Å². The van der Waals surface area contributed by atoms with Gasteiger partial charge in [0.25, 0.3) is 5.91 Å². The summed E-state index contributed by atoms with van der Waals surface area (Å²) >= 11 is 9.21. The summed E-state index contributed by atoms with van der Waals surface area (Å²) in [6.07, 6.45) is 1.45. The van der Waals surface area contributed by atoms with Crippen molar-refractivity contribution in [3.8, 4) is 11.3 Å². The first-order chi connectivity index (χ1) is 11.6. The number of amides is 1. The van der Waals surface area contributed by atoms with Gasteiger partial charge in [-0.05, 0) is 48.5 Å². The molecule has 3 aromatic rings. The Morgan fingerprint density at radius 1 is 1.12 bits per heavy atom. The van der Waals surface area contributed by atoms with Crippen molar-refractivity contribution in [1.29, 1.82) is 0 Å². The van der Waals surface area contributed by atoms with Crippen LogP contribution >= 0.6 is 27.5 Å². The van der Waals surface area contributed by atoms with E-state index in [0.29, 0.717) is 16.3 Å². The molecule has 0 spiro atoms. The molecule has 1 aromatic heterocycles. The van der Waals surface area contributed by atoms with Crippen molar-refractivity contribution in [2.45, 2.75) is 0 Å². The predicted molar refractivity (Wildman–Crippen MR) is 98.4 cm³/mol. The SMILES string of the molecule is O=C(NN=Cc1ccc(-c2cccc(Br)c2)o1)c1ccc(Cl)cc1. The minimum Gasteiger partial charge on any atom is -0.455 e. The summed E-state index contributed by atoms with van der Waals surface area (Å²) in [7, 11) is 0. The van der Waals surface area contributed by atoms with E-state index in [1.807, 2.05) is 30.3 Å². The molecule has 0 bridgehead atoms. The fourth-order valence-electron chi connectivity index (χ4n) is 2.04. The summed E-state index contributed by atoms with van der Waals surface area (Å²) in [5.41, 5.74) is 3.88. The van der Waals surface area contributed by atoms with Gasteiger partial charge in [0.05, 0.1) is 6.21 Å². The molecule has 0 radical (unpaired) electrons. The van der Waals surface area contributed by atoms with Gasteiger partial charge in [-0.25, -0.2) is 5.43 Å². The van der Waals surface area contributed by atoms with Crippen LogP contribution in [0.2, 0.25) is 5.02 Å². The average Bonchev–Trinajstić information content (AvgIpc) is 3.04. The molecule has 3 rings (SSSR count). The predicted octanol–water partition coefficient (Wildman–Crippen LogP) is 5.13. The molecule has 120 valence electrons. The van der Waals surface area contributed by atoms with Crippen molar-refractivity contribution in [2.75, 3.05) is 0 Å². The Balaban J connectivity index is 1.65. The summed E-state index contributed by atoms with van der Waals surface area (Å²) in [5, 5.41) is 4.48. The van der Waals surface area contributed by atoms with E-state index >= 15 is 0 Å². The fraction of sp³-hybridized carbons (Fsp3) is 0. The molecule has 0 saturated carbocycles. The van der Waals surface area contributed by atoms with Crippen LogP contribution in [0.3, 0.4) is 0 Å². The molecule has 2 aromatic carbocycles. The van der Waals surface area contributed by atoms with Gasteiger partial charge < -0.3 is 4.42 Å². The maximum atomic E-state index is 11.9. The van der Waals surface area contributed by atoms with Gasteiger partial charge in [0, 0.05) is 20.6 Å². The summed E-state index contributed by atoms with van der Waals surface area (Å²) < 4.78 is 6.66. The monoisotopic (exact) mass is 402 g/mol. The second-order valence-electron chi connectivity index (χ2n) is 4.92. The van der Waals surface area contributed by atoms with E-state index in [0.717, 1.165) is 15.8 Å². The molecule has 0 unspecified atom stereocenters. The van der Waals surface area contributed by atoms with Gasteiger partial charge in [-0.2, -0.15) is 5.10 Å². The minimum atomic E-state index is -0.318. The number of benzene rings is 2. The van der Waals surface area contributed by atoms with Gasteiger partial charge in [0.2, 0.25) is 0 Å². The first-order valence-electron chi connectivity index (χ1n) is 7.06. The van der Waals surface area contributed by atoms with E-state index < -0.39 is 0 Å². The van der Waals surface area contributed by atoms with Crippen LogP contribution in [0.25, 0.3) is 11.3 Å². The van der Waals surface area contributed by atoms with E-state index in [9.17, 15) is 4.79 Å². The lowest BCUT2D eigenvalue weighted by atomic mass is 10.2. The number of halogens is 2. The highest BCUT2D eigenvalue weighted by atomic mass is 79.9. The number of hydrazone groups is 1. The van der Waals surface area contributed by atoms with Gasteiger partial charge in [-0.1, -0.05) is 39.7 Å². The molecule has 0 aliphatic carbocycles. The van der Waals surface area contributed by atoms with Crippen LogP contribution in [-0.2, 0) is 0 Å². The van der Waals surface area contributed by atoms with Crippen molar-refractivity contribution >= 4 is 39.7 Å². The molecular weight excluding hydrogens is 392 g/mol. The van der Waals surface area contributed by atoms with Crippen LogP contribution in [0.15, 0.2) is 74.7 Å². The molecule has 24 heavy (non-hydrogen) atoms. The lowest BCUT2D eigenvalue weighted by Crippen LogP contribution is -2.17. The smallest absolute Gasteiger partial charge is 0.271 e. The molecule has 0 aliphatic heterocycles. The zero-order valence-electron chi connectivity index (χ0n) is 12.4. The Morgan fingerprint density at radius 3 is 2.67 bits per heavy atom. The number of carbonyl (C=O) groups is 1. The Hall–Kier alpha value is -2.37. The molecule has 1 heterocycles. The van der Waals surface area contributed by atoms with Crippen LogP contribution in [-0.4, -0.2) is 12.1 Å². The number of carbonyl (C=O) groups excluding carboxylic acids is 1. The molecule has 4 nitrogen and oxygen atoms in total. The molecule has 6 heteroatoms. The number of rotatable bonds is 4. The number of hydrogen-bond acceptors (Lipinski definition) is 3. The Labute approximate surface area is 152 Å². The highest BCUT2D eigenvalue weighted by Gasteiger charge is 2.05. The zero-order chi connectivity index (χ0) is 16.9. The molecule has 0 atom stereocenters. The van der Waals surface area contributed by atoms with Crippen molar-refractivity contribution in [3.63, 3.8) is 0 Å². The molecule has 0 fully saturated rings. The lowest BCUT2D eigenvalue weighted by Gasteiger charge is -1.99. The number of furan rings is 1. The maximum Gasteiger partial charge on any atom is 0.271 e. The van der Waals surface area contributed by atoms with E-state index in [2.05, 4.69) is 26.5 Å². The van der Waals surface area contributed by atoms with Gasteiger partial charge in [0.1, 0.15) is 11.5 Å². The lowest BCUT2D eigenvalue weighted by molar-refractivity contribution is 0.0955. The molecule has 0 saturated heterocycles. The van der Waals surface area contributed by atoms with Gasteiger partial charge in [-0.15, -0.1) is 0 Å². The van der Waals surface area contributed by atoms with E-state index in [1.54, 1.807) is 30.3 Å². The number of nitrogens with one attached hydrogen (secondary N) is 1. The summed E-state index contributed by atoms with van der Waals surface area (Å²) in [4.78, 5) is 11.9. The third-order valence-corrected chi connectivity index (χ3v) is 3.95. The van der Waals surface area contributed by atoms with Crippen LogP contribution in [0.5, 0.6) is 0 Å². The quantitative estimate of drug-likeness (QED) is 0.485. The van der Waals surface area contributed by atoms with Gasteiger partial charge in [-0.3, -0.25) is 4.79 Å². The van der Waals surface area contributed by atoms with Gasteiger partial charge in [0.15, 0.2) is 0 Å². The first kappa shape index (κ1) is 16.5. The first-order valence-corrected chi connectivity index (χ1v) is 8.24. The Morgan fingerprint density at radius 2 is 1.92 bits per heavy atom. The standard InChI is InChI=1S/C18H12BrClN2O2/c19-14-3-1-2-13(10-14)17-9-8-16(24-17)11-21-22-18(23)12-4-6-15(20)7-5-12/h1-11H,(H,22,23). The molecule has 1 N–H and O–H groups in total. The summed E-state index contributed by atoms with van der Waals surface area (Å²) in [5.74, 6) is 0.949. The van der Waals surface area contributed by atoms with Crippen molar-refractivity contribution in [2.24, 2.45) is 5.10 Å². The summed E-state index contributed by atoms with van der Waals surface area (Å²) in [6.45, 7) is 0. The van der Waals surface area contributed by atoms with Gasteiger partial charge >= 0.3 is 0 Å². The number of nitrogens with zero attached hydrogens (tertiary/aromatic N) is 1. The van der Waals surface area contributed by atoms with Crippen LogP contribution in [0.1, 0.15) is 16.1 Å². The zero-order valence-corrected chi connectivity index (χ0v) is 14.7. The fourth-order valence-corrected chi connectivity index (χ4v) is 2.56. The molecule has 0 aliphatic rings. The highest BCUT2D eigenvalue weighted by molar-refractivity contribution is 9.10. The van der Waals surface area contributed by atoms with Crippen LogP contribution in [0.4, 0.5) is 0 Å².